The Morgan fingerprint density at radius 1 is 1.38 bits per heavy atom. The summed E-state index contributed by atoms with van der Waals surface area (Å²) in [6.45, 7) is 2.14. The van der Waals surface area contributed by atoms with E-state index in [1.807, 2.05) is 0 Å². The minimum absolute atomic E-state index is 0.132. The summed E-state index contributed by atoms with van der Waals surface area (Å²) in [4.78, 5) is 12.0. The third kappa shape index (κ3) is 3.93. The summed E-state index contributed by atoms with van der Waals surface area (Å²) >= 11 is 0. The Morgan fingerprint density at radius 2 is 2.06 bits per heavy atom. The van der Waals surface area contributed by atoms with Crippen molar-refractivity contribution >= 4 is 5.78 Å². The first-order valence-electron chi connectivity index (χ1n) is 6.18. The van der Waals surface area contributed by atoms with Crippen molar-refractivity contribution in [1.29, 1.82) is 0 Å². The molecule has 1 aliphatic carbocycles. The average molecular weight is 222 g/mol. The van der Waals surface area contributed by atoms with Crippen LogP contribution in [0.5, 0.6) is 0 Å². The molecule has 0 heterocycles. The van der Waals surface area contributed by atoms with Crippen molar-refractivity contribution in [3.8, 4) is 0 Å². The van der Waals surface area contributed by atoms with E-state index in [0.29, 0.717) is 6.42 Å². The molecule has 16 heavy (non-hydrogen) atoms. The van der Waals surface area contributed by atoms with Crippen molar-refractivity contribution in [1.82, 2.24) is 0 Å². The first kappa shape index (κ1) is 13.2. The van der Waals surface area contributed by atoms with Crippen LogP contribution in [0.25, 0.3) is 0 Å². The maximum absolute atomic E-state index is 12.0. The molecule has 2 nitrogen and oxygen atoms in total. The van der Waals surface area contributed by atoms with E-state index < -0.39 is 0 Å². The number of carbonyl (C=O) groups is 1. The molecular formula is C14H22O2. The van der Waals surface area contributed by atoms with Crippen LogP contribution in [0.2, 0.25) is 0 Å². The predicted molar refractivity (Wildman–Crippen MR) is 66.3 cm³/mol. The number of Topliss-reactive ketones (excluding diaryl/α,β-unsaturated/α-hetero) is 1. The summed E-state index contributed by atoms with van der Waals surface area (Å²) in [5.41, 5.74) is 0. The average Bonchev–Trinajstić information content (AvgIpc) is 2.32. The zero-order valence-electron chi connectivity index (χ0n) is 10.3. The lowest BCUT2D eigenvalue weighted by molar-refractivity contribution is -0.130. The van der Waals surface area contributed by atoms with E-state index in [-0.39, 0.29) is 17.8 Å². The Labute approximate surface area is 98.4 Å². The van der Waals surface area contributed by atoms with Gasteiger partial charge < -0.3 is 4.74 Å². The summed E-state index contributed by atoms with van der Waals surface area (Å²) in [5, 5.41) is 0. The van der Waals surface area contributed by atoms with Crippen LogP contribution >= 0.6 is 0 Å². The van der Waals surface area contributed by atoms with Crippen molar-refractivity contribution < 1.29 is 9.53 Å². The first-order chi connectivity index (χ1) is 7.79. The summed E-state index contributed by atoms with van der Waals surface area (Å²) in [5.74, 6) is 0.366. The zero-order chi connectivity index (χ0) is 11.8. The highest BCUT2D eigenvalue weighted by Gasteiger charge is 2.24. The predicted octanol–water partition coefficient (Wildman–Crippen LogP) is 3.28. The monoisotopic (exact) mass is 222 g/mol. The molecule has 0 saturated carbocycles. The van der Waals surface area contributed by atoms with E-state index in [1.165, 1.54) is 0 Å². The number of hydrogen-bond donors (Lipinski definition) is 0. The lowest BCUT2D eigenvalue weighted by Gasteiger charge is -2.21. The summed E-state index contributed by atoms with van der Waals surface area (Å²) in [6.07, 6.45) is 12.9. The van der Waals surface area contributed by atoms with Gasteiger partial charge in [-0.05, 0) is 12.8 Å². The molecular weight excluding hydrogens is 200 g/mol. The molecule has 1 atom stereocenters. The van der Waals surface area contributed by atoms with Gasteiger partial charge in [-0.1, -0.05) is 44.1 Å². The Morgan fingerprint density at radius 3 is 2.62 bits per heavy atom. The molecule has 0 N–H and O–H groups in total. The fraction of sp³-hybridized carbons (Fsp3) is 0.643. The van der Waals surface area contributed by atoms with Crippen molar-refractivity contribution in [2.75, 3.05) is 7.11 Å². The van der Waals surface area contributed by atoms with Crippen LogP contribution in [0.1, 0.15) is 39.0 Å². The van der Waals surface area contributed by atoms with Gasteiger partial charge in [0.15, 0.2) is 5.78 Å². The Kier molecular flexibility index (Phi) is 6.09. The molecule has 1 rings (SSSR count). The van der Waals surface area contributed by atoms with Gasteiger partial charge in [-0.3, -0.25) is 4.79 Å². The Bertz CT molecular complexity index is 254. The lowest BCUT2D eigenvalue weighted by atomic mass is 9.92. The van der Waals surface area contributed by atoms with Crippen molar-refractivity contribution in [3.63, 3.8) is 0 Å². The number of allylic oxidation sites excluding steroid dienone is 2. The molecule has 0 bridgehead atoms. The lowest BCUT2D eigenvalue weighted by Crippen LogP contribution is -2.30. The number of ketones is 1. The van der Waals surface area contributed by atoms with Gasteiger partial charge in [-0.15, -0.1) is 0 Å². The van der Waals surface area contributed by atoms with Gasteiger partial charge in [-0.2, -0.15) is 0 Å². The van der Waals surface area contributed by atoms with Crippen LogP contribution in [-0.4, -0.2) is 19.0 Å². The second kappa shape index (κ2) is 7.39. The molecule has 0 spiro atoms. The quantitative estimate of drug-likeness (QED) is 0.488. The number of ether oxygens (including phenoxy) is 1. The molecule has 1 aliphatic rings. The molecule has 0 aliphatic heterocycles. The Hall–Kier alpha value is -0.890. The fourth-order valence-electron chi connectivity index (χ4n) is 2.01. The van der Waals surface area contributed by atoms with Gasteiger partial charge in [0.2, 0.25) is 0 Å². The van der Waals surface area contributed by atoms with Gasteiger partial charge in [-0.25, -0.2) is 0 Å². The van der Waals surface area contributed by atoms with E-state index >= 15 is 0 Å². The SMILES string of the molecule is CCCCCC(=O)C(OC)C1C=CCC=C1. The molecule has 0 amide bonds. The second-order valence-corrected chi connectivity index (χ2v) is 4.25. The third-order valence-corrected chi connectivity index (χ3v) is 2.94. The van der Waals surface area contributed by atoms with Gasteiger partial charge in [0.25, 0.3) is 0 Å². The molecule has 0 radical (unpaired) electrons. The number of hydrogen-bond acceptors (Lipinski definition) is 2. The van der Waals surface area contributed by atoms with Crippen LogP contribution in [0.3, 0.4) is 0 Å². The van der Waals surface area contributed by atoms with Crippen molar-refractivity contribution in [2.45, 2.75) is 45.1 Å². The molecule has 0 saturated heterocycles. The van der Waals surface area contributed by atoms with E-state index in [4.69, 9.17) is 4.74 Å². The van der Waals surface area contributed by atoms with Crippen molar-refractivity contribution in [2.24, 2.45) is 5.92 Å². The van der Waals surface area contributed by atoms with Crippen LogP contribution in [0, 0.1) is 5.92 Å². The minimum atomic E-state index is -0.287. The first-order valence-corrected chi connectivity index (χ1v) is 6.18. The Balaban J connectivity index is 2.45. The summed E-state index contributed by atoms with van der Waals surface area (Å²) in [7, 11) is 1.62. The molecule has 0 aromatic rings. The topological polar surface area (TPSA) is 26.3 Å². The highest BCUT2D eigenvalue weighted by atomic mass is 16.5. The molecule has 0 fully saturated rings. The minimum Gasteiger partial charge on any atom is -0.373 e. The molecule has 0 aromatic carbocycles. The van der Waals surface area contributed by atoms with E-state index in [0.717, 1.165) is 25.7 Å². The molecule has 0 aromatic heterocycles. The normalized spacial score (nSPS) is 17.6. The van der Waals surface area contributed by atoms with Crippen LogP contribution in [-0.2, 0) is 9.53 Å². The van der Waals surface area contributed by atoms with Crippen LogP contribution < -0.4 is 0 Å². The van der Waals surface area contributed by atoms with E-state index in [1.54, 1.807) is 7.11 Å². The van der Waals surface area contributed by atoms with Gasteiger partial charge >= 0.3 is 0 Å². The standard InChI is InChI=1S/C14H22O2/c1-3-4-6-11-13(15)14(16-2)12-9-7-5-8-10-12/h7-10,12,14H,3-6,11H2,1-2H3. The highest BCUT2D eigenvalue weighted by Crippen LogP contribution is 2.18. The fourth-order valence-corrected chi connectivity index (χ4v) is 2.01. The number of rotatable bonds is 7. The second-order valence-electron chi connectivity index (χ2n) is 4.25. The number of unbranched alkanes of at least 4 members (excludes halogenated alkanes) is 2. The zero-order valence-corrected chi connectivity index (χ0v) is 10.3. The summed E-state index contributed by atoms with van der Waals surface area (Å²) < 4.78 is 5.33. The van der Waals surface area contributed by atoms with Gasteiger partial charge in [0.05, 0.1) is 0 Å². The number of methoxy groups -OCH3 is 1. The smallest absolute Gasteiger partial charge is 0.162 e. The molecule has 2 heteroatoms. The van der Waals surface area contributed by atoms with Gasteiger partial charge in [0.1, 0.15) is 6.10 Å². The van der Waals surface area contributed by atoms with Crippen LogP contribution in [0.15, 0.2) is 24.3 Å². The third-order valence-electron chi connectivity index (χ3n) is 2.94. The highest BCUT2D eigenvalue weighted by molar-refractivity contribution is 5.84. The molecule has 90 valence electrons. The van der Waals surface area contributed by atoms with E-state index in [2.05, 4.69) is 31.2 Å². The summed E-state index contributed by atoms with van der Waals surface area (Å²) in [6, 6.07) is 0. The molecule has 1 unspecified atom stereocenters. The van der Waals surface area contributed by atoms with Crippen LogP contribution in [0.4, 0.5) is 0 Å². The number of carbonyl (C=O) groups excluding carboxylic acids is 1. The maximum Gasteiger partial charge on any atom is 0.162 e. The van der Waals surface area contributed by atoms with Gasteiger partial charge in [0, 0.05) is 19.4 Å². The maximum atomic E-state index is 12.0. The van der Waals surface area contributed by atoms with Crippen molar-refractivity contribution in [3.05, 3.63) is 24.3 Å². The largest absolute Gasteiger partial charge is 0.373 e. The van der Waals surface area contributed by atoms with E-state index in [9.17, 15) is 4.79 Å².